The summed E-state index contributed by atoms with van der Waals surface area (Å²) in [5.74, 6) is 0.131. The Morgan fingerprint density at radius 1 is 1.25 bits per heavy atom. The summed E-state index contributed by atoms with van der Waals surface area (Å²) in [5.41, 5.74) is 6.51. The topological polar surface area (TPSA) is 62.5 Å². The van der Waals surface area contributed by atoms with Crippen LogP contribution in [0.25, 0.3) is 10.2 Å². The van der Waals surface area contributed by atoms with Gasteiger partial charge in [-0.05, 0) is 44.5 Å². The highest BCUT2D eigenvalue weighted by molar-refractivity contribution is 7.18. The standard InChI is InChI=1S/C18H24N4OS/c19-17(23)12-21-10-7-15(22-8-3-4-9-22)13(11-21)18-20-14-5-1-2-6-16(14)24-18/h1-2,5-6,13,15H,3-4,7-12H2,(H2,19,23). The smallest absolute Gasteiger partial charge is 0.231 e. The number of aromatic nitrogens is 1. The van der Waals surface area contributed by atoms with E-state index in [1.165, 1.54) is 35.6 Å². The first-order chi connectivity index (χ1) is 11.7. The Morgan fingerprint density at radius 3 is 2.79 bits per heavy atom. The molecule has 2 atom stereocenters. The Bertz CT molecular complexity index is 692. The van der Waals surface area contributed by atoms with Gasteiger partial charge in [-0.15, -0.1) is 11.3 Å². The fraction of sp³-hybridized carbons (Fsp3) is 0.556. The Hall–Kier alpha value is -1.50. The molecule has 0 aliphatic carbocycles. The average molecular weight is 344 g/mol. The van der Waals surface area contributed by atoms with E-state index in [1.54, 1.807) is 11.3 Å². The molecule has 2 unspecified atom stereocenters. The van der Waals surface area contributed by atoms with Crippen molar-refractivity contribution in [1.29, 1.82) is 0 Å². The van der Waals surface area contributed by atoms with Crippen LogP contribution in [-0.4, -0.2) is 59.5 Å². The van der Waals surface area contributed by atoms with Crippen molar-refractivity contribution >= 4 is 27.5 Å². The molecule has 2 aromatic rings. The van der Waals surface area contributed by atoms with Crippen molar-refractivity contribution < 1.29 is 4.79 Å². The molecule has 5 nitrogen and oxygen atoms in total. The molecule has 0 saturated carbocycles. The van der Waals surface area contributed by atoms with Crippen molar-refractivity contribution in [2.24, 2.45) is 5.73 Å². The van der Waals surface area contributed by atoms with Crippen molar-refractivity contribution in [3.63, 3.8) is 0 Å². The third kappa shape index (κ3) is 3.18. The molecule has 1 aromatic heterocycles. The molecule has 24 heavy (non-hydrogen) atoms. The number of fused-ring (bicyclic) bond motifs is 1. The second-order valence-electron chi connectivity index (χ2n) is 6.93. The third-order valence-corrected chi connectivity index (χ3v) is 6.45. The summed E-state index contributed by atoms with van der Waals surface area (Å²) in [4.78, 5) is 21.1. The van der Waals surface area contributed by atoms with E-state index in [4.69, 9.17) is 10.7 Å². The molecule has 0 spiro atoms. The second kappa shape index (κ2) is 6.78. The van der Waals surface area contributed by atoms with Crippen molar-refractivity contribution in [3.05, 3.63) is 29.3 Å². The highest BCUT2D eigenvalue weighted by atomic mass is 32.1. The molecule has 6 heteroatoms. The molecule has 1 aromatic carbocycles. The quantitative estimate of drug-likeness (QED) is 0.922. The van der Waals surface area contributed by atoms with Crippen LogP contribution in [0.4, 0.5) is 0 Å². The van der Waals surface area contributed by atoms with Crippen LogP contribution in [0.15, 0.2) is 24.3 Å². The molecule has 0 bridgehead atoms. The van der Waals surface area contributed by atoms with Gasteiger partial charge in [0.25, 0.3) is 0 Å². The maximum absolute atomic E-state index is 11.3. The van der Waals surface area contributed by atoms with E-state index in [0.717, 1.165) is 25.0 Å². The number of benzene rings is 1. The number of nitrogens with zero attached hydrogens (tertiary/aromatic N) is 3. The van der Waals surface area contributed by atoms with Gasteiger partial charge in [-0.3, -0.25) is 14.6 Å². The van der Waals surface area contributed by atoms with E-state index in [0.29, 0.717) is 18.5 Å². The number of rotatable bonds is 4. The van der Waals surface area contributed by atoms with E-state index in [9.17, 15) is 4.79 Å². The molecule has 0 radical (unpaired) electrons. The molecule has 2 aliphatic heterocycles. The first-order valence-electron chi connectivity index (χ1n) is 8.81. The van der Waals surface area contributed by atoms with Crippen LogP contribution in [0.3, 0.4) is 0 Å². The molecule has 1 amide bonds. The summed E-state index contributed by atoms with van der Waals surface area (Å²) in [6, 6.07) is 8.89. The van der Waals surface area contributed by atoms with Gasteiger partial charge in [-0.1, -0.05) is 12.1 Å². The number of carbonyl (C=O) groups is 1. The first kappa shape index (κ1) is 16.0. The normalized spacial score (nSPS) is 26.2. The number of hydrogen-bond acceptors (Lipinski definition) is 5. The highest BCUT2D eigenvalue weighted by Crippen LogP contribution is 2.36. The molecular formula is C18H24N4OS. The predicted molar refractivity (Wildman–Crippen MR) is 97.2 cm³/mol. The van der Waals surface area contributed by atoms with Gasteiger partial charge in [-0.25, -0.2) is 4.98 Å². The van der Waals surface area contributed by atoms with Crippen LogP contribution < -0.4 is 5.73 Å². The maximum atomic E-state index is 11.3. The molecule has 128 valence electrons. The number of primary amides is 1. The molecular weight excluding hydrogens is 320 g/mol. The Balaban J connectivity index is 1.63. The van der Waals surface area contributed by atoms with Crippen molar-refractivity contribution in [3.8, 4) is 0 Å². The van der Waals surface area contributed by atoms with E-state index in [2.05, 4.69) is 28.0 Å². The van der Waals surface area contributed by atoms with Crippen LogP contribution in [0.5, 0.6) is 0 Å². The Morgan fingerprint density at radius 2 is 2.04 bits per heavy atom. The average Bonchev–Trinajstić information content (AvgIpc) is 3.23. The predicted octanol–water partition coefficient (Wildman–Crippen LogP) is 2.04. The second-order valence-corrected chi connectivity index (χ2v) is 7.99. The van der Waals surface area contributed by atoms with Gasteiger partial charge in [0.15, 0.2) is 0 Å². The van der Waals surface area contributed by atoms with Gasteiger partial charge in [0.1, 0.15) is 0 Å². The summed E-state index contributed by atoms with van der Waals surface area (Å²) in [6.07, 6.45) is 3.69. The number of likely N-dealkylation sites (tertiary alicyclic amines) is 2. The molecule has 2 aliphatic rings. The largest absolute Gasteiger partial charge is 0.369 e. The van der Waals surface area contributed by atoms with Crippen molar-refractivity contribution in [2.75, 3.05) is 32.7 Å². The SMILES string of the molecule is NC(=O)CN1CCC(N2CCCC2)C(c2nc3ccccc3s2)C1. The number of nitrogens with two attached hydrogens (primary N) is 1. The Kier molecular flexibility index (Phi) is 4.52. The zero-order chi connectivity index (χ0) is 16.5. The van der Waals surface area contributed by atoms with Crippen LogP contribution in [0.1, 0.15) is 30.2 Å². The number of piperidine rings is 1. The van der Waals surface area contributed by atoms with Crippen LogP contribution >= 0.6 is 11.3 Å². The summed E-state index contributed by atoms with van der Waals surface area (Å²) < 4.78 is 1.25. The summed E-state index contributed by atoms with van der Waals surface area (Å²) in [5, 5.41) is 1.21. The molecule has 2 saturated heterocycles. The monoisotopic (exact) mass is 344 g/mol. The van der Waals surface area contributed by atoms with Gasteiger partial charge in [0.05, 0.1) is 21.8 Å². The maximum Gasteiger partial charge on any atom is 0.231 e. The van der Waals surface area contributed by atoms with Gasteiger partial charge in [0, 0.05) is 25.0 Å². The number of thiazole rings is 1. The lowest BCUT2D eigenvalue weighted by Crippen LogP contribution is -2.50. The summed E-state index contributed by atoms with van der Waals surface area (Å²) in [6.45, 7) is 4.58. The number of carbonyl (C=O) groups excluding carboxylic acids is 1. The first-order valence-corrected chi connectivity index (χ1v) is 9.62. The molecule has 4 rings (SSSR count). The highest BCUT2D eigenvalue weighted by Gasteiger charge is 2.37. The summed E-state index contributed by atoms with van der Waals surface area (Å²) >= 11 is 1.81. The van der Waals surface area contributed by atoms with E-state index < -0.39 is 0 Å². The van der Waals surface area contributed by atoms with Crippen LogP contribution in [0.2, 0.25) is 0 Å². The summed E-state index contributed by atoms with van der Waals surface area (Å²) in [7, 11) is 0. The minimum Gasteiger partial charge on any atom is -0.369 e. The molecule has 2 N–H and O–H groups in total. The van der Waals surface area contributed by atoms with Gasteiger partial charge in [0.2, 0.25) is 5.91 Å². The van der Waals surface area contributed by atoms with Crippen LogP contribution in [-0.2, 0) is 4.79 Å². The molecule has 2 fully saturated rings. The lowest BCUT2D eigenvalue weighted by molar-refractivity contribution is -0.119. The molecule has 3 heterocycles. The minimum atomic E-state index is -0.238. The third-order valence-electron chi connectivity index (χ3n) is 5.28. The van der Waals surface area contributed by atoms with Gasteiger partial charge >= 0.3 is 0 Å². The fourth-order valence-corrected chi connectivity index (χ4v) is 5.29. The van der Waals surface area contributed by atoms with Crippen molar-refractivity contribution in [2.45, 2.75) is 31.2 Å². The van der Waals surface area contributed by atoms with Gasteiger partial charge < -0.3 is 5.73 Å². The van der Waals surface area contributed by atoms with Crippen molar-refractivity contribution in [1.82, 2.24) is 14.8 Å². The van der Waals surface area contributed by atoms with E-state index >= 15 is 0 Å². The van der Waals surface area contributed by atoms with E-state index in [1.807, 2.05) is 6.07 Å². The van der Waals surface area contributed by atoms with E-state index in [-0.39, 0.29) is 5.91 Å². The number of amides is 1. The lowest BCUT2D eigenvalue weighted by Gasteiger charge is -2.41. The Labute approximate surface area is 146 Å². The number of hydrogen-bond donors (Lipinski definition) is 1. The zero-order valence-electron chi connectivity index (χ0n) is 13.9. The lowest BCUT2D eigenvalue weighted by atomic mass is 9.91. The number of para-hydroxylation sites is 1. The fourth-order valence-electron chi connectivity index (χ4n) is 4.17. The van der Waals surface area contributed by atoms with Gasteiger partial charge in [-0.2, -0.15) is 0 Å². The zero-order valence-corrected chi connectivity index (χ0v) is 14.7. The minimum absolute atomic E-state index is 0.238. The van der Waals surface area contributed by atoms with Crippen LogP contribution in [0, 0.1) is 0 Å².